The van der Waals surface area contributed by atoms with Gasteiger partial charge in [0.1, 0.15) is 29.8 Å². The van der Waals surface area contributed by atoms with E-state index in [1.165, 1.54) is 18.2 Å². The van der Waals surface area contributed by atoms with Crippen LogP contribution in [0.15, 0.2) is 36.4 Å². The van der Waals surface area contributed by atoms with Crippen molar-refractivity contribution in [2.75, 3.05) is 0 Å². The van der Waals surface area contributed by atoms with Gasteiger partial charge in [-0.15, -0.1) is 0 Å². The van der Waals surface area contributed by atoms with Crippen LogP contribution in [0.4, 0.5) is 13.2 Å². The van der Waals surface area contributed by atoms with Crippen LogP contribution in [-0.2, 0) is 13.2 Å². The number of halogens is 3. The fourth-order valence-electron chi connectivity index (χ4n) is 1.60. The number of benzene rings is 2. The highest BCUT2D eigenvalue weighted by Gasteiger charge is 2.06. The molecule has 0 heterocycles. The van der Waals surface area contributed by atoms with E-state index in [9.17, 15) is 13.2 Å². The van der Waals surface area contributed by atoms with Crippen molar-refractivity contribution in [3.05, 3.63) is 65.0 Å². The first-order valence-electron chi connectivity index (χ1n) is 5.65. The highest BCUT2D eigenvalue weighted by atomic mass is 19.1. The van der Waals surface area contributed by atoms with Crippen LogP contribution < -0.4 is 10.5 Å². The summed E-state index contributed by atoms with van der Waals surface area (Å²) in [4.78, 5) is 0. The van der Waals surface area contributed by atoms with Crippen LogP contribution in [0.25, 0.3) is 0 Å². The minimum Gasteiger partial charge on any atom is -0.489 e. The summed E-state index contributed by atoms with van der Waals surface area (Å²) in [5, 5.41) is 0. The molecule has 0 atom stereocenters. The number of hydrogen-bond acceptors (Lipinski definition) is 2. The summed E-state index contributed by atoms with van der Waals surface area (Å²) in [6.07, 6.45) is 0. The highest BCUT2D eigenvalue weighted by molar-refractivity contribution is 5.29. The SMILES string of the molecule is NCc1ccc(OCc2cc(F)ccc2F)cc1F. The summed E-state index contributed by atoms with van der Waals surface area (Å²) < 4.78 is 44.9. The lowest BCUT2D eigenvalue weighted by molar-refractivity contribution is 0.297. The van der Waals surface area contributed by atoms with Gasteiger partial charge in [-0.05, 0) is 24.3 Å². The van der Waals surface area contributed by atoms with Crippen LogP contribution in [0, 0.1) is 17.5 Å². The molecule has 0 aromatic heterocycles. The van der Waals surface area contributed by atoms with E-state index in [4.69, 9.17) is 10.5 Å². The fourth-order valence-corrected chi connectivity index (χ4v) is 1.60. The van der Waals surface area contributed by atoms with Crippen molar-refractivity contribution in [2.45, 2.75) is 13.2 Å². The first-order valence-corrected chi connectivity index (χ1v) is 5.65. The van der Waals surface area contributed by atoms with Crippen LogP contribution in [0.1, 0.15) is 11.1 Å². The third-order valence-electron chi connectivity index (χ3n) is 2.65. The molecule has 0 fully saturated rings. The molecule has 2 rings (SSSR count). The summed E-state index contributed by atoms with van der Waals surface area (Å²) >= 11 is 0. The maximum Gasteiger partial charge on any atom is 0.131 e. The van der Waals surface area contributed by atoms with Crippen molar-refractivity contribution < 1.29 is 17.9 Å². The molecule has 0 bridgehead atoms. The van der Waals surface area contributed by atoms with Gasteiger partial charge in [0.25, 0.3) is 0 Å². The van der Waals surface area contributed by atoms with Gasteiger partial charge in [-0.3, -0.25) is 0 Å². The van der Waals surface area contributed by atoms with Gasteiger partial charge in [-0.2, -0.15) is 0 Å². The number of rotatable bonds is 4. The van der Waals surface area contributed by atoms with E-state index in [1.807, 2.05) is 0 Å². The Kier molecular flexibility index (Phi) is 4.06. The van der Waals surface area contributed by atoms with E-state index in [0.29, 0.717) is 5.56 Å². The molecule has 0 unspecified atom stereocenters. The molecular formula is C14H12F3NO. The van der Waals surface area contributed by atoms with E-state index < -0.39 is 17.5 Å². The summed E-state index contributed by atoms with van der Waals surface area (Å²) in [6, 6.07) is 7.27. The second-order valence-electron chi connectivity index (χ2n) is 3.98. The third-order valence-corrected chi connectivity index (χ3v) is 2.65. The van der Waals surface area contributed by atoms with Gasteiger partial charge in [0.2, 0.25) is 0 Å². The molecule has 0 aliphatic rings. The van der Waals surface area contributed by atoms with Gasteiger partial charge in [0.15, 0.2) is 0 Å². The zero-order chi connectivity index (χ0) is 13.8. The normalized spacial score (nSPS) is 10.5. The smallest absolute Gasteiger partial charge is 0.131 e. The molecule has 19 heavy (non-hydrogen) atoms. The molecule has 0 saturated heterocycles. The Balaban J connectivity index is 2.10. The maximum atomic E-state index is 13.4. The topological polar surface area (TPSA) is 35.2 Å². The van der Waals surface area contributed by atoms with Crippen molar-refractivity contribution in [1.29, 1.82) is 0 Å². The maximum absolute atomic E-state index is 13.4. The van der Waals surface area contributed by atoms with Crippen molar-refractivity contribution in [2.24, 2.45) is 5.73 Å². The van der Waals surface area contributed by atoms with Crippen LogP contribution in [-0.4, -0.2) is 0 Å². The molecule has 2 aromatic carbocycles. The van der Waals surface area contributed by atoms with Crippen LogP contribution in [0.5, 0.6) is 5.75 Å². The summed E-state index contributed by atoms with van der Waals surface area (Å²) in [5.74, 6) is -1.37. The predicted molar refractivity (Wildman–Crippen MR) is 65.0 cm³/mol. The van der Waals surface area contributed by atoms with Crippen LogP contribution >= 0.6 is 0 Å². The van der Waals surface area contributed by atoms with Gasteiger partial charge < -0.3 is 10.5 Å². The van der Waals surface area contributed by atoms with E-state index >= 15 is 0 Å². The Bertz CT molecular complexity index is 587. The highest BCUT2D eigenvalue weighted by Crippen LogP contribution is 2.18. The molecule has 0 radical (unpaired) electrons. The quantitative estimate of drug-likeness (QED) is 0.923. The molecule has 2 nitrogen and oxygen atoms in total. The minimum absolute atomic E-state index is 0.0725. The van der Waals surface area contributed by atoms with Gasteiger partial charge in [0, 0.05) is 23.7 Å². The van der Waals surface area contributed by atoms with E-state index in [1.54, 1.807) is 0 Å². The van der Waals surface area contributed by atoms with Crippen molar-refractivity contribution in [1.82, 2.24) is 0 Å². The summed E-state index contributed by atoms with van der Waals surface area (Å²) in [7, 11) is 0. The van der Waals surface area contributed by atoms with Gasteiger partial charge in [-0.1, -0.05) is 6.07 Å². The zero-order valence-corrected chi connectivity index (χ0v) is 10.00. The first-order chi connectivity index (χ1) is 9.10. The monoisotopic (exact) mass is 267 g/mol. The van der Waals surface area contributed by atoms with Crippen LogP contribution in [0.3, 0.4) is 0 Å². The Hall–Kier alpha value is -2.01. The van der Waals surface area contributed by atoms with Gasteiger partial charge in [-0.25, -0.2) is 13.2 Å². The molecule has 5 heteroatoms. The molecule has 0 amide bonds. The standard InChI is InChI=1S/C14H12F3NO/c15-11-2-4-13(16)10(5-11)8-19-12-3-1-9(7-18)14(17)6-12/h1-6H,7-8,18H2. The lowest BCUT2D eigenvalue weighted by Gasteiger charge is -2.08. The Labute approximate surface area is 108 Å². The predicted octanol–water partition coefficient (Wildman–Crippen LogP) is 3.14. The molecule has 0 saturated carbocycles. The lowest BCUT2D eigenvalue weighted by Crippen LogP contribution is -2.02. The minimum atomic E-state index is -0.569. The number of nitrogens with two attached hydrogens (primary N) is 1. The van der Waals surface area contributed by atoms with E-state index in [0.717, 1.165) is 18.2 Å². The molecular weight excluding hydrogens is 255 g/mol. The molecule has 0 aliphatic carbocycles. The van der Waals surface area contributed by atoms with Gasteiger partial charge >= 0.3 is 0 Å². The number of ether oxygens (including phenoxy) is 1. The molecule has 0 aliphatic heterocycles. The average Bonchev–Trinajstić information content (AvgIpc) is 2.40. The Morgan fingerprint density at radius 2 is 1.68 bits per heavy atom. The van der Waals surface area contributed by atoms with Crippen LogP contribution in [0.2, 0.25) is 0 Å². The summed E-state index contributed by atoms with van der Waals surface area (Å²) in [5.41, 5.74) is 5.77. The van der Waals surface area contributed by atoms with Crippen molar-refractivity contribution in [3.8, 4) is 5.75 Å². The molecule has 100 valence electrons. The van der Waals surface area contributed by atoms with Crippen molar-refractivity contribution in [3.63, 3.8) is 0 Å². The third kappa shape index (κ3) is 3.26. The lowest BCUT2D eigenvalue weighted by atomic mass is 10.2. The Morgan fingerprint density at radius 1 is 0.895 bits per heavy atom. The molecule has 2 aromatic rings. The zero-order valence-electron chi connectivity index (χ0n) is 10.00. The van der Waals surface area contributed by atoms with E-state index in [2.05, 4.69) is 0 Å². The first kappa shape index (κ1) is 13.4. The number of hydrogen-bond donors (Lipinski definition) is 1. The fraction of sp³-hybridized carbons (Fsp3) is 0.143. The summed E-state index contributed by atoms with van der Waals surface area (Å²) in [6.45, 7) is -0.0877. The molecule has 2 N–H and O–H groups in total. The second-order valence-corrected chi connectivity index (χ2v) is 3.98. The second kappa shape index (κ2) is 5.75. The molecule has 0 spiro atoms. The van der Waals surface area contributed by atoms with E-state index in [-0.39, 0.29) is 24.5 Å². The van der Waals surface area contributed by atoms with Crippen molar-refractivity contribution >= 4 is 0 Å². The largest absolute Gasteiger partial charge is 0.489 e. The Morgan fingerprint density at radius 3 is 2.37 bits per heavy atom. The average molecular weight is 267 g/mol. The van der Waals surface area contributed by atoms with Gasteiger partial charge in [0.05, 0.1) is 0 Å².